The van der Waals surface area contributed by atoms with E-state index in [2.05, 4.69) is 15.3 Å². The van der Waals surface area contributed by atoms with E-state index in [1.807, 2.05) is 39.2 Å². The number of aromatic nitrogens is 4. The van der Waals surface area contributed by atoms with Crippen LogP contribution >= 0.6 is 0 Å². The quantitative estimate of drug-likeness (QED) is 0.393. The van der Waals surface area contributed by atoms with Crippen LogP contribution in [0, 0.1) is 20.8 Å². The van der Waals surface area contributed by atoms with E-state index < -0.39 is 5.97 Å². The molecule has 0 radical (unpaired) electrons. The van der Waals surface area contributed by atoms with Crippen LogP contribution in [-0.2, 0) is 21.4 Å². The third-order valence-corrected chi connectivity index (χ3v) is 4.85. The Hall–Kier alpha value is -3.23. The van der Waals surface area contributed by atoms with Gasteiger partial charge in [-0.1, -0.05) is 31.1 Å². The van der Waals surface area contributed by atoms with Crippen molar-refractivity contribution in [1.29, 1.82) is 0 Å². The molecule has 0 N–H and O–H groups in total. The Kier molecular flexibility index (Phi) is 6.42. The largest absolute Gasteiger partial charge is 0.457 e. The topological polar surface area (TPSA) is 113 Å². The van der Waals surface area contributed by atoms with Gasteiger partial charge in [-0.25, -0.2) is 0 Å². The van der Waals surface area contributed by atoms with Gasteiger partial charge in [-0.2, -0.15) is 4.98 Å². The summed E-state index contributed by atoms with van der Waals surface area (Å²) in [6.07, 6.45) is 1.14. The van der Waals surface area contributed by atoms with Gasteiger partial charge in [-0.3, -0.25) is 14.2 Å². The van der Waals surface area contributed by atoms with Gasteiger partial charge in [0.2, 0.25) is 11.7 Å². The maximum Gasteiger partial charge on any atom is 0.306 e. The second-order valence-electron chi connectivity index (χ2n) is 8.62. The van der Waals surface area contributed by atoms with E-state index >= 15 is 0 Å². The van der Waals surface area contributed by atoms with Crippen molar-refractivity contribution in [3.63, 3.8) is 0 Å². The first-order chi connectivity index (χ1) is 14.6. The minimum atomic E-state index is -0.440. The molecule has 31 heavy (non-hydrogen) atoms. The van der Waals surface area contributed by atoms with Crippen LogP contribution < -0.4 is 0 Å². The van der Waals surface area contributed by atoms with Crippen LogP contribution in [0.15, 0.2) is 21.2 Å². The Labute approximate surface area is 180 Å². The van der Waals surface area contributed by atoms with Crippen molar-refractivity contribution in [3.05, 3.63) is 46.6 Å². The molecule has 0 saturated carbocycles. The highest BCUT2D eigenvalue weighted by Gasteiger charge is 2.22. The number of Topliss-reactive ketones (excluding diaryl/α,β-unsaturated/α-hetero) is 1. The lowest BCUT2D eigenvalue weighted by Gasteiger charge is -2.10. The number of carbonyl (C=O) groups excluding carboxylic acids is 2. The van der Waals surface area contributed by atoms with Crippen LogP contribution in [0.2, 0.25) is 0 Å². The molecule has 0 fully saturated rings. The number of nitrogens with zero attached hydrogens (tertiary/aromatic N) is 4. The van der Waals surface area contributed by atoms with Crippen LogP contribution in [0.25, 0.3) is 5.82 Å². The molecule has 3 aromatic rings. The number of esters is 1. The highest BCUT2D eigenvalue weighted by atomic mass is 16.5. The molecule has 0 spiro atoms. The maximum atomic E-state index is 12.6. The van der Waals surface area contributed by atoms with Crippen molar-refractivity contribution in [3.8, 4) is 5.82 Å². The van der Waals surface area contributed by atoms with Crippen molar-refractivity contribution >= 4 is 11.8 Å². The minimum Gasteiger partial charge on any atom is -0.457 e. The zero-order valence-electron chi connectivity index (χ0n) is 18.8. The second kappa shape index (κ2) is 8.87. The summed E-state index contributed by atoms with van der Waals surface area (Å²) in [5.74, 6) is 1.71. The minimum absolute atomic E-state index is 0.164. The summed E-state index contributed by atoms with van der Waals surface area (Å²) in [5, 5.41) is 7.96. The first kappa shape index (κ1) is 22.5. The molecule has 0 saturated heterocycles. The number of hydrogen-bond acceptors (Lipinski definition) is 8. The number of carbonyl (C=O) groups is 2. The van der Waals surface area contributed by atoms with Crippen molar-refractivity contribution in [1.82, 2.24) is 19.9 Å². The molecule has 0 atom stereocenters. The van der Waals surface area contributed by atoms with E-state index in [1.54, 1.807) is 19.1 Å². The lowest BCUT2D eigenvalue weighted by atomic mass is 9.96. The number of rotatable bonds is 8. The molecule has 0 aromatic carbocycles. The van der Waals surface area contributed by atoms with E-state index in [0.717, 1.165) is 11.4 Å². The molecular formula is C22H28N4O5. The molecule has 3 rings (SSSR count). The number of aryl methyl sites for hydroxylation is 3. The highest BCUT2D eigenvalue weighted by molar-refractivity contribution is 5.99. The van der Waals surface area contributed by atoms with Crippen LogP contribution in [-0.4, -0.2) is 38.2 Å². The Morgan fingerprint density at radius 3 is 2.45 bits per heavy atom. The predicted molar refractivity (Wildman–Crippen MR) is 111 cm³/mol. The molecule has 0 amide bonds. The molecule has 9 heteroatoms. The van der Waals surface area contributed by atoms with E-state index in [-0.39, 0.29) is 24.2 Å². The number of ketones is 1. The summed E-state index contributed by atoms with van der Waals surface area (Å²) >= 11 is 0. The lowest BCUT2D eigenvalue weighted by molar-refractivity contribution is -0.142. The number of hydrogen-bond donors (Lipinski definition) is 0. The summed E-state index contributed by atoms with van der Waals surface area (Å²) < 4.78 is 17.3. The van der Waals surface area contributed by atoms with Crippen LogP contribution in [0.3, 0.4) is 0 Å². The van der Waals surface area contributed by atoms with Crippen LogP contribution in [0.5, 0.6) is 0 Å². The summed E-state index contributed by atoms with van der Waals surface area (Å²) in [4.78, 5) is 29.0. The van der Waals surface area contributed by atoms with Gasteiger partial charge in [0, 0.05) is 41.3 Å². The lowest BCUT2D eigenvalue weighted by Crippen LogP contribution is -2.15. The van der Waals surface area contributed by atoms with Gasteiger partial charge in [0.25, 0.3) is 0 Å². The van der Waals surface area contributed by atoms with Gasteiger partial charge in [-0.15, -0.1) is 0 Å². The second-order valence-corrected chi connectivity index (χ2v) is 8.62. The molecule has 0 aliphatic heterocycles. The average Bonchev–Trinajstić information content (AvgIpc) is 3.39. The normalized spacial score (nSPS) is 11.7. The van der Waals surface area contributed by atoms with Crippen LogP contribution in [0.1, 0.15) is 72.8 Å². The summed E-state index contributed by atoms with van der Waals surface area (Å²) in [6.45, 7) is 11.2. The summed E-state index contributed by atoms with van der Waals surface area (Å²) in [5.41, 5.74) is 1.86. The molecule has 3 heterocycles. The molecule has 3 aromatic heterocycles. The monoisotopic (exact) mass is 428 g/mol. The third-order valence-electron chi connectivity index (χ3n) is 4.85. The molecule has 0 aliphatic carbocycles. The van der Waals surface area contributed by atoms with E-state index in [1.165, 1.54) is 0 Å². The smallest absolute Gasteiger partial charge is 0.306 e. The molecule has 9 nitrogen and oxygen atoms in total. The van der Waals surface area contributed by atoms with Gasteiger partial charge < -0.3 is 13.8 Å². The van der Waals surface area contributed by atoms with Crippen LogP contribution in [0.4, 0.5) is 0 Å². The SMILES string of the molecule is Cc1cc(-n2c(C)cc(C(=O)COC(=O)CCCc3nc(C(C)(C)C)no3)c2C)no1. The van der Waals surface area contributed by atoms with Gasteiger partial charge in [-0.05, 0) is 33.3 Å². The van der Waals surface area contributed by atoms with E-state index in [0.29, 0.717) is 41.7 Å². The fourth-order valence-electron chi connectivity index (χ4n) is 3.20. The van der Waals surface area contributed by atoms with Gasteiger partial charge >= 0.3 is 5.97 Å². The molecule has 0 bridgehead atoms. The Bertz CT molecular complexity index is 1080. The Morgan fingerprint density at radius 1 is 1.10 bits per heavy atom. The van der Waals surface area contributed by atoms with Gasteiger partial charge in [0.1, 0.15) is 5.76 Å². The summed E-state index contributed by atoms with van der Waals surface area (Å²) in [7, 11) is 0. The highest BCUT2D eigenvalue weighted by Crippen LogP contribution is 2.21. The maximum absolute atomic E-state index is 12.6. The third kappa shape index (κ3) is 5.28. The van der Waals surface area contributed by atoms with Crippen molar-refractivity contribution in [2.45, 2.75) is 66.2 Å². The van der Waals surface area contributed by atoms with E-state index in [9.17, 15) is 9.59 Å². The predicted octanol–water partition coefficient (Wildman–Crippen LogP) is 3.82. The molecular weight excluding hydrogens is 400 g/mol. The first-order valence-corrected chi connectivity index (χ1v) is 10.2. The summed E-state index contributed by atoms with van der Waals surface area (Å²) in [6, 6.07) is 3.56. The molecule has 166 valence electrons. The first-order valence-electron chi connectivity index (χ1n) is 10.2. The van der Waals surface area contributed by atoms with Crippen molar-refractivity contribution in [2.24, 2.45) is 0 Å². The fourth-order valence-corrected chi connectivity index (χ4v) is 3.20. The fraction of sp³-hybridized carbons (Fsp3) is 0.500. The number of ether oxygens (including phenoxy) is 1. The Morgan fingerprint density at radius 2 is 1.84 bits per heavy atom. The molecule has 0 aliphatic rings. The zero-order valence-corrected chi connectivity index (χ0v) is 18.8. The van der Waals surface area contributed by atoms with E-state index in [4.69, 9.17) is 13.8 Å². The standard InChI is InChI=1S/C22H28N4O5/c1-13-10-16(15(3)26(13)18-11-14(2)30-24-18)17(27)12-29-20(28)9-7-8-19-23-21(25-31-19)22(4,5)6/h10-11H,7-9,12H2,1-6H3. The van der Waals surface area contributed by atoms with Gasteiger partial charge in [0.15, 0.2) is 18.2 Å². The van der Waals surface area contributed by atoms with Crippen molar-refractivity contribution in [2.75, 3.05) is 6.61 Å². The average molecular weight is 428 g/mol. The van der Waals surface area contributed by atoms with Crippen molar-refractivity contribution < 1.29 is 23.4 Å². The Balaban J connectivity index is 1.50. The zero-order chi connectivity index (χ0) is 22.8. The van der Waals surface area contributed by atoms with Gasteiger partial charge in [0.05, 0.1) is 0 Å². The molecule has 0 unspecified atom stereocenters.